The molecule has 1 amide bonds. The molecule has 0 aliphatic carbocycles. The monoisotopic (exact) mass is 587 g/mol. The van der Waals surface area contributed by atoms with E-state index in [9.17, 15) is 4.79 Å². The molecule has 222 valence electrons. The van der Waals surface area contributed by atoms with Gasteiger partial charge >= 0.3 is 0 Å². The largest absolute Gasteiger partial charge is 0.361 e. The van der Waals surface area contributed by atoms with E-state index in [0.29, 0.717) is 12.1 Å². The number of nitrogens with one attached hydrogen (secondary N) is 3. The van der Waals surface area contributed by atoms with Gasteiger partial charge in [0.15, 0.2) is 0 Å². The van der Waals surface area contributed by atoms with E-state index < -0.39 is 0 Å². The normalized spacial score (nSPS) is 11.4. The van der Waals surface area contributed by atoms with Gasteiger partial charge in [0.1, 0.15) is 0 Å². The molecular weight excluding hydrogens is 550 g/mol. The van der Waals surface area contributed by atoms with E-state index in [4.69, 9.17) is 0 Å². The number of H-pyrrole nitrogens is 2. The lowest BCUT2D eigenvalue weighted by molar-refractivity contribution is 0.0951. The first-order valence-corrected chi connectivity index (χ1v) is 15.8. The van der Waals surface area contributed by atoms with Crippen molar-refractivity contribution in [2.75, 3.05) is 0 Å². The highest BCUT2D eigenvalue weighted by atomic mass is 16.1. The molecule has 0 atom stereocenters. The van der Waals surface area contributed by atoms with Crippen LogP contribution < -0.4 is 5.32 Å². The summed E-state index contributed by atoms with van der Waals surface area (Å²) in [4.78, 5) is 20.1. The maximum Gasteiger partial charge on any atom is 0.251 e. The van der Waals surface area contributed by atoms with Crippen molar-refractivity contribution in [1.29, 1.82) is 0 Å². The van der Waals surface area contributed by atoms with Gasteiger partial charge in [0.05, 0.1) is 0 Å². The number of rotatable bonds is 11. The number of aromatic amines is 2. The van der Waals surface area contributed by atoms with Crippen molar-refractivity contribution in [3.63, 3.8) is 0 Å². The molecular formula is C41H37N3O. The smallest absolute Gasteiger partial charge is 0.251 e. The van der Waals surface area contributed by atoms with Crippen molar-refractivity contribution >= 4 is 27.7 Å². The first-order valence-electron chi connectivity index (χ1n) is 15.8. The number of carbonyl (C=O) groups excluding carboxylic acids is 1. The second-order valence-corrected chi connectivity index (χ2v) is 11.8. The molecule has 0 saturated heterocycles. The van der Waals surface area contributed by atoms with Crippen LogP contribution in [0.3, 0.4) is 0 Å². The Hall–Kier alpha value is -5.35. The molecule has 0 fully saturated rings. The Morgan fingerprint density at radius 1 is 0.556 bits per heavy atom. The van der Waals surface area contributed by atoms with Crippen molar-refractivity contribution in [2.24, 2.45) is 0 Å². The molecule has 4 heteroatoms. The minimum Gasteiger partial charge on any atom is -0.361 e. The van der Waals surface area contributed by atoms with Crippen molar-refractivity contribution in [3.05, 3.63) is 179 Å². The highest BCUT2D eigenvalue weighted by molar-refractivity contribution is 5.94. The fourth-order valence-corrected chi connectivity index (χ4v) is 6.43. The van der Waals surface area contributed by atoms with Crippen molar-refractivity contribution in [2.45, 2.75) is 38.1 Å². The maximum absolute atomic E-state index is 13.1. The molecule has 0 saturated carbocycles. The summed E-state index contributed by atoms with van der Waals surface area (Å²) in [5, 5.41) is 5.51. The van der Waals surface area contributed by atoms with Crippen LogP contribution in [0.15, 0.2) is 140 Å². The second-order valence-electron chi connectivity index (χ2n) is 11.8. The molecule has 0 aliphatic rings. The molecule has 2 heterocycles. The van der Waals surface area contributed by atoms with Gasteiger partial charge in [0.25, 0.3) is 5.91 Å². The molecule has 4 nitrogen and oxygen atoms in total. The fourth-order valence-electron chi connectivity index (χ4n) is 6.43. The number of hydrogen-bond donors (Lipinski definition) is 3. The van der Waals surface area contributed by atoms with Gasteiger partial charge in [-0.15, -0.1) is 0 Å². The Kier molecular flexibility index (Phi) is 8.28. The predicted octanol–water partition coefficient (Wildman–Crippen LogP) is 9.32. The molecule has 0 aliphatic heterocycles. The molecule has 7 rings (SSSR count). The first kappa shape index (κ1) is 28.4. The van der Waals surface area contributed by atoms with Crippen LogP contribution in [0.2, 0.25) is 0 Å². The number of unbranched alkanes of at least 4 members (excludes halogenated alkanes) is 1. The number of aryl methyl sites for hydroxylation is 2. The summed E-state index contributed by atoms with van der Waals surface area (Å²) in [6, 6.07) is 44.2. The predicted molar refractivity (Wildman–Crippen MR) is 185 cm³/mol. The van der Waals surface area contributed by atoms with Crippen LogP contribution in [-0.4, -0.2) is 15.9 Å². The number of carbonyl (C=O) groups is 1. The Morgan fingerprint density at radius 3 is 1.67 bits per heavy atom. The molecule has 0 unspecified atom stereocenters. The van der Waals surface area contributed by atoms with Gasteiger partial charge in [0, 0.05) is 52.2 Å². The SMILES string of the molecule is O=C(NCc1ccc(CCCCc2ccccc2)cc1)c1ccc(C(c2c[nH]c3ccccc23)c2c[nH]c3ccccc23)cc1. The Labute approximate surface area is 264 Å². The maximum atomic E-state index is 13.1. The lowest BCUT2D eigenvalue weighted by Gasteiger charge is -2.18. The van der Waals surface area contributed by atoms with Crippen LogP contribution in [0.25, 0.3) is 21.8 Å². The van der Waals surface area contributed by atoms with Gasteiger partial charge in [-0.2, -0.15) is 0 Å². The topological polar surface area (TPSA) is 60.7 Å². The van der Waals surface area contributed by atoms with E-state index in [0.717, 1.165) is 35.0 Å². The molecule has 3 N–H and O–H groups in total. The zero-order chi connectivity index (χ0) is 30.4. The quantitative estimate of drug-likeness (QED) is 0.130. The zero-order valence-electron chi connectivity index (χ0n) is 25.3. The third-order valence-electron chi connectivity index (χ3n) is 8.87. The van der Waals surface area contributed by atoms with Crippen LogP contribution in [0.4, 0.5) is 0 Å². The number of amides is 1. The lowest BCUT2D eigenvalue weighted by atomic mass is 9.84. The number of hydrogen-bond acceptors (Lipinski definition) is 1. The van der Waals surface area contributed by atoms with Gasteiger partial charge in [-0.3, -0.25) is 4.79 Å². The van der Waals surface area contributed by atoms with Gasteiger partial charge in [-0.05, 0) is 83.3 Å². The second kappa shape index (κ2) is 13.1. The first-order chi connectivity index (χ1) is 22.2. The number of benzene rings is 5. The van der Waals surface area contributed by atoms with Gasteiger partial charge in [-0.1, -0.05) is 103 Å². The molecule has 5 aromatic carbocycles. The Bertz CT molecular complexity index is 1940. The lowest BCUT2D eigenvalue weighted by Crippen LogP contribution is -2.22. The van der Waals surface area contributed by atoms with Crippen LogP contribution >= 0.6 is 0 Å². The van der Waals surface area contributed by atoms with Crippen LogP contribution in [0, 0.1) is 0 Å². The average Bonchev–Trinajstić information content (AvgIpc) is 3.72. The van der Waals surface area contributed by atoms with Gasteiger partial charge in [0.2, 0.25) is 0 Å². The molecule has 0 spiro atoms. The highest BCUT2D eigenvalue weighted by Gasteiger charge is 2.23. The summed E-state index contributed by atoms with van der Waals surface area (Å²) in [6.45, 7) is 0.502. The number of fused-ring (bicyclic) bond motifs is 2. The van der Waals surface area contributed by atoms with E-state index in [2.05, 4.69) is 143 Å². The Balaban J connectivity index is 1.02. The minimum absolute atomic E-state index is 0.00580. The zero-order valence-corrected chi connectivity index (χ0v) is 25.3. The fraction of sp³-hybridized carbons (Fsp3) is 0.146. The summed E-state index contributed by atoms with van der Waals surface area (Å²) in [7, 11) is 0. The standard InChI is InChI=1S/C41H37N3O/c45-41(44-26-31-20-18-30(19-21-31)13-5-4-12-29-10-2-1-3-11-29)33-24-22-32(23-25-33)40(36-27-42-38-16-8-6-14-34(36)38)37-28-43-39-17-9-7-15-35(37)39/h1-3,6-11,14-25,27-28,40,42-43H,4-5,12-13,26H2,(H,44,45). The molecule has 2 aromatic heterocycles. The third kappa shape index (κ3) is 6.32. The summed E-state index contributed by atoms with van der Waals surface area (Å²) in [6.07, 6.45) is 8.79. The van der Waals surface area contributed by atoms with Crippen LogP contribution in [-0.2, 0) is 19.4 Å². The van der Waals surface area contributed by atoms with E-state index in [1.807, 2.05) is 12.1 Å². The van der Waals surface area contributed by atoms with Gasteiger partial charge in [-0.25, -0.2) is 0 Å². The molecule has 45 heavy (non-hydrogen) atoms. The Morgan fingerprint density at radius 2 is 1.07 bits per heavy atom. The summed E-state index contributed by atoms with van der Waals surface area (Å²) in [5.74, 6) is -0.0615. The third-order valence-corrected chi connectivity index (χ3v) is 8.87. The summed E-state index contributed by atoms with van der Waals surface area (Å²) < 4.78 is 0. The van der Waals surface area contributed by atoms with E-state index in [1.54, 1.807) is 0 Å². The number of para-hydroxylation sites is 2. The van der Waals surface area contributed by atoms with Crippen LogP contribution in [0.5, 0.6) is 0 Å². The van der Waals surface area contributed by atoms with Crippen molar-refractivity contribution in [1.82, 2.24) is 15.3 Å². The van der Waals surface area contributed by atoms with E-state index in [1.165, 1.54) is 45.9 Å². The van der Waals surface area contributed by atoms with Crippen molar-refractivity contribution in [3.8, 4) is 0 Å². The molecule has 7 aromatic rings. The molecule has 0 bridgehead atoms. The summed E-state index contributed by atoms with van der Waals surface area (Å²) in [5.41, 5.74) is 10.3. The summed E-state index contributed by atoms with van der Waals surface area (Å²) >= 11 is 0. The average molecular weight is 588 g/mol. The van der Waals surface area contributed by atoms with Crippen molar-refractivity contribution < 1.29 is 4.79 Å². The number of aromatic nitrogens is 2. The highest BCUT2D eigenvalue weighted by Crippen LogP contribution is 2.39. The van der Waals surface area contributed by atoms with Gasteiger partial charge < -0.3 is 15.3 Å². The minimum atomic E-state index is -0.0673. The van der Waals surface area contributed by atoms with E-state index >= 15 is 0 Å². The van der Waals surface area contributed by atoms with Crippen LogP contribution in [0.1, 0.15) is 62.5 Å². The molecule has 0 radical (unpaired) electrons. The van der Waals surface area contributed by atoms with E-state index in [-0.39, 0.29) is 11.8 Å².